The number of hydrogen-bond acceptors (Lipinski definition) is 4. The normalized spacial score (nSPS) is 14.7. The molecule has 0 radical (unpaired) electrons. The summed E-state index contributed by atoms with van der Waals surface area (Å²) in [6.45, 7) is 4.30. The summed E-state index contributed by atoms with van der Waals surface area (Å²) < 4.78 is 2.59. The zero-order valence-corrected chi connectivity index (χ0v) is 12.1. The van der Waals surface area contributed by atoms with Crippen LogP contribution in [0.1, 0.15) is 26.7 Å². The molecule has 2 N–H and O–H groups in total. The lowest BCUT2D eigenvalue weighted by Gasteiger charge is -2.22. The molecular formula is C12H17BrN4O. The second kappa shape index (κ2) is 5.24. The smallest absolute Gasteiger partial charge is 0.243 e. The molecule has 0 aliphatic heterocycles. The second-order valence-electron chi connectivity index (χ2n) is 4.66. The van der Waals surface area contributed by atoms with Crippen molar-refractivity contribution in [2.45, 2.75) is 32.3 Å². The van der Waals surface area contributed by atoms with Crippen LogP contribution in [0.2, 0.25) is 0 Å². The van der Waals surface area contributed by atoms with Crippen LogP contribution in [0.5, 0.6) is 0 Å². The minimum atomic E-state index is -0.733. The van der Waals surface area contributed by atoms with Gasteiger partial charge in [0.1, 0.15) is 0 Å². The van der Waals surface area contributed by atoms with Gasteiger partial charge in [-0.05, 0) is 41.4 Å². The topological polar surface area (TPSA) is 62.5 Å². The first-order valence-electron chi connectivity index (χ1n) is 5.99. The van der Waals surface area contributed by atoms with Gasteiger partial charge in [0.15, 0.2) is 5.65 Å². The van der Waals surface area contributed by atoms with Crippen molar-refractivity contribution in [2.75, 3.05) is 11.9 Å². The second-order valence-corrected chi connectivity index (χ2v) is 5.51. The Balaban J connectivity index is 2.11. The molecule has 0 aromatic carbocycles. The number of rotatable bonds is 5. The minimum Gasteiger partial charge on any atom is -0.388 e. The van der Waals surface area contributed by atoms with Crippen molar-refractivity contribution in [3.63, 3.8) is 0 Å². The maximum Gasteiger partial charge on any atom is 0.243 e. The van der Waals surface area contributed by atoms with Gasteiger partial charge in [-0.1, -0.05) is 13.3 Å². The Morgan fingerprint density at radius 2 is 2.33 bits per heavy atom. The van der Waals surface area contributed by atoms with E-state index in [1.165, 1.54) is 0 Å². The van der Waals surface area contributed by atoms with Gasteiger partial charge >= 0.3 is 0 Å². The number of hydrogen-bond donors (Lipinski definition) is 2. The van der Waals surface area contributed by atoms with Crippen LogP contribution < -0.4 is 5.32 Å². The van der Waals surface area contributed by atoms with Gasteiger partial charge in [0.05, 0.1) is 10.1 Å². The van der Waals surface area contributed by atoms with Crippen molar-refractivity contribution < 1.29 is 5.11 Å². The standard InChI is InChI=1S/C12H17BrN4O/c1-3-6-12(2,18)8-14-11-15-10-9(13)5-4-7-17(10)16-11/h4-5,7,18H,3,6,8H2,1-2H3,(H,14,16). The Kier molecular flexibility index (Phi) is 3.87. The molecule has 2 rings (SSSR count). The van der Waals surface area contributed by atoms with E-state index in [2.05, 4.69) is 38.3 Å². The molecule has 2 aromatic rings. The fourth-order valence-corrected chi connectivity index (χ4v) is 2.27. The molecule has 6 heteroatoms. The first kappa shape index (κ1) is 13.3. The Bertz CT molecular complexity index is 538. The lowest BCUT2D eigenvalue weighted by Crippen LogP contribution is -2.33. The number of nitrogens with zero attached hydrogens (tertiary/aromatic N) is 3. The lowest BCUT2D eigenvalue weighted by molar-refractivity contribution is 0.0635. The molecule has 18 heavy (non-hydrogen) atoms. The van der Waals surface area contributed by atoms with E-state index < -0.39 is 5.60 Å². The summed E-state index contributed by atoms with van der Waals surface area (Å²) in [5, 5.41) is 17.4. The molecule has 1 atom stereocenters. The van der Waals surface area contributed by atoms with Crippen molar-refractivity contribution in [1.82, 2.24) is 14.6 Å². The van der Waals surface area contributed by atoms with Gasteiger partial charge in [-0.2, -0.15) is 4.98 Å². The number of aromatic nitrogens is 3. The van der Waals surface area contributed by atoms with Crippen LogP contribution in [-0.4, -0.2) is 31.9 Å². The summed E-state index contributed by atoms with van der Waals surface area (Å²) in [4.78, 5) is 4.36. The quantitative estimate of drug-likeness (QED) is 0.890. The highest BCUT2D eigenvalue weighted by molar-refractivity contribution is 9.10. The lowest BCUT2D eigenvalue weighted by atomic mass is 10.0. The molecule has 0 amide bonds. The molecule has 0 saturated heterocycles. The molecule has 0 fully saturated rings. The Labute approximate surface area is 114 Å². The average Bonchev–Trinajstić information content (AvgIpc) is 2.71. The SMILES string of the molecule is CCCC(C)(O)CNc1nc2c(Br)cccn2n1. The third-order valence-electron chi connectivity index (χ3n) is 2.73. The molecule has 0 aliphatic carbocycles. The van der Waals surface area contributed by atoms with Crippen molar-refractivity contribution in [2.24, 2.45) is 0 Å². The van der Waals surface area contributed by atoms with Crippen molar-refractivity contribution in [3.05, 3.63) is 22.8 Å². The number of halogens is 1. The molecule has 98 valence electrons. The maximum atomic E-state index is 10.1. The Morgan fingerprint density at radius 3 is 3.00 bits per heavy atom. The highest BCUT2D eigenvalue weighted by atomic mass is 79.9. The van der Waals surface area contributed by atoms with Gasteiger partial charge in [-0.15, -0.1) is 5.10 Å². The largest absolute Gasteiger partial charge is 0.388 e. The van der Waals surface area contributed by atoms with Crippen LogP contribution in [0.15, 0.2) is 22.8 Å². The summed E-state index contributed by atoms with van der Waals surface area (Å²) >= 11 is 3.43. The predicted molar refractivity (Wildman–Crippen MR) is 74.7 cm³/mol. The molecule has 0 spiro atoms. The van der Waals surface area contributed by atoms with Gasteiger partial charge < -0.3 is 10.4 Å². The van der Waals surface area contributed by atoms with E-state index in [-0.39, 0.29) is 0 Å². The molecular weight excluding hydrogens is 296 g/mol. The van der Waals surface area contributed by atoms with E-state index in [4.69, 9.17) is 0 Å². The maximum absolute atomic E-state index is 10.1. The van der Waals surface area contributed by atoms with Crippen LogP contribution in [0.25, 0.3) is 5.65 Å². The van der Waals surface area contributed by atoms with Crippen molar-refractivity contribution >= 4 is 27.5 Å². The Morgan fingerprint density at radius 1 is 1.56 bits per heavy atom. The van der Waals surface area contributed by atoms with Gasteiger partial charge in [-0.3, -0.25) is 0 Å². The van der Waals surface area contributed by atoms with Gasteiger partial charge in [0.2, 0.25) is 5.95 Å². The highest BCUT2D eigenvalue weighted by Gasteiger charge is 2.19. The number of fused-ring (bicyclic) bond motifs is 1. The number of anilines is 1. The molecule has 2 aromatic heterocycles. The molecule has 0 aliphatic rings. The average molecular weight is 313 g/mol. The van der Waals surface area contributed by atoms with Gasteiger partial charge in [0.25, 0.3) is 0 Å². The van der Waals surface area contributed by atoms with Crippen LogP contribution in [-0.2, 0) is 0 Å². The van der Waals surface area contributed by atoms with Crippen LogP contribution in [0, 0.1) is 0 Å². The molecule has 0 saturated carbocycles. The zero-order valence-electron chi connectivity index (χ0n) is 10.5. The molecule has 2 heterocycles. The van der Waals surface area contributed by atoms with Crippen molar-refractivity contribution in [3.8, 4) is 0 Å². The number of aliphatic hydroxyl groups is 1. The molecule has 1 unspecified atom stereocenters. The summed E-state index contributed by atoms with van der Waals surface area (Å²) in [6, 6.07) is 3.81. The third-order valence-corrected chi connectivity index (χ3v) is 3.35. The summed E-state index contributed by atoms with van der Waals surface area (Å²) in [5.41, 5.74) is 0.0267. The van der Waals surface area contributed by atoms with Gasteiger partial charge in [-0.25, -0.2) is 4.52 Å². The monoisotopic (exact) mass is 312 g/mol. The van der Waals surface area contributed by atoms with Crippen LogP contribution in [0.3, 0.4) is 0 Å². The molecule has 0 bridgehead atoms. The third kappa shape index (κ3) is 3.00. The highest BCUT2D eigenvalue weighted by Crippen LogP contribution is 2.18. The fraction of sp³-hybridized carbons (Fsp3) is 0.500. The van der Waals surface area contributed by atoms with Crippen molar-refractivity contribution in [1.29, 1.82) is 0 Å². The fourth-order valence-electron chi connectivity index (χ4n) is 1.84. The summed E-state index contributed by atoms with van der Waals surface area (Å²) in [7, 11) is 0. The van der Waals surface area contributed by atoms with Crippen LogP contribution in [0.4, 0.5) is 5.95 Å². The number of nitrogens with one attached hydrogen (secondary N) is 1. The first-order valence-corrected chi connectivity index (χ1v) is 6.78. The minimum absolute atomic E-state index is 0.440. The van der Waals surface area contributed by atoms with Crippen LogP contribution >= 0.6 is 15.9 Å². The van der Waals surface area contributed by atoms with Gasteiger partial charge in [0, 0.05) is 12.7 Å². The zero-order chi connectivity index (χ0) is 13.2. The van der Waals surface area contributed by atoms with E-state index in [0.717, 1.165) is 23.0 Å². The number of pyridine rings is 1. The van der Waals surface area contributed by atoms with E-state index in [1.54, 1.807) is 4.52 Å². The summed E-state index contributed by atoms with van der Waals surface area (Å²) in [5.74, 6) is 0.526. The van der Waals surface area contributed by atoms with E-state index >= 15 is 0 Å². The Hall–Kier alpha value is -1.14. The molecule has 5 nitrogen and oxygen atoms in total. The van der Waals surface area contributed by atoms with E-state index in [9.17, 15) is 5.11 Å². The van der Waals surface area contributed by atoms with E-state index in [0.29, 0.717) is 12.5 Å². The predicted octanol–water partition coefficient (Wildman–Crippen LogP) is 2.45. The first-order chi connectivity index (χ1) is 8.52. The van der Waals surface area contributed by atoms with E-state index in [1.807, 2.05) is 25.3 Å². The summed E-state index contributed by atoms with van der Waals surface area (Å²) in [6.07, 6.45) is 3.53.